The summed E-state index contributed by atoms with van der Waals surface area (Å²) in [6.45, 7) is 3.28. The van der Waals surface area contributed by atoms with Crippen LogP contribution in [0.2, 0.25) is 0 Å². The summed E-state index contributed by atoms with van der Waals surface area (Å²) in [5, 5.41) is 26.6. The first-order valence-corrected chi connectivity index (χ1v) is 10.3. The van der Waals surface area contributed by atoms with Gasteiger partial charge in [0.2, 0.25) is 0 Å². The van der Waals surface area contributed by atoms with Crippen molar-refractivity contribution >= 4 is 11.8 Å². The number of carboxylic acids is 1. The standard InChI is InChI=1S/C23H23N7O2/c1-2-3-12-30(22-20(23(31)32)13-24-15-25-22)14-16-8-10-17(11-9-16)18-6-4-5-7-19(18)21-26-28-29-27-21/h4-11,13,15H,2-3,12,14H2,1H3,(H2,26,27,28,29,31,32)/p-2. The third-order valence-corrected chi connectivity index (χ3v) is 5.12. The van der Waals surface area contributed by atoms with E-state index in [1.807, 2.05) is 53.4 Å². The number of carbonyl (C=O) groups is 1. The molecule has 2 heterocycles. The number of carboxylic acid groups (broad SMARTS) is 1. The first-order valence-electron chi connectivity index (χ1n) is 10.3. The van der Waals surface area contributed by atoms with E-state index >= 15 is 0 Å². The molecule has 2 aromatic carbocycles. The number of unbranched alkanes of at least 4 members (excludes halogenated alkanes) is 1. The van der Waals surface area contributed by atoms with Crippen LogP contribution in [-0.4, -0.2) is 38.0 Å². The smallest absolute Gasteiger partial charge is 0.141 e. The van der Waals surface area contributed by atoms with Crippen molar-refractivity contribution in [3.05, 3.63) is 72.2 Å². The van der Waals surface area contributed by atoms with Crippen molar-refractivity contribution in [1.82, 2.24) is 30.6 Å². The minimum Gasteiger partial charge on any atom is -0.545 e. The molecule has 0 unspecified atom stereocenters. The van der Waals surface area contributed by atoms with Gasteiger partial charge in [-0.05, 0) is 28.7 Å². The number of hydrogen-bond donors (Lipinski definition) is 0. The molecule has 0 radical (unpaired) electrons. The van der Waals surface area contributed by atoms with E-state index in [0.717, 1.165) is 35.1 Å². The first-order chi connectivity index (χ1) is 15.7. The molecule has 0 bridgehead atoms. The molecule has 0 aliphatic carbocycles. The number of aromatic nitrogens is 6. The van der Waals surface area contributed by atoms with Crippen LogP contribution in [0.15, 0.2) is 61.1 Å². The third kappa shape index (κ3) is 4.61. The van der Waals surface area contributed by atoms with E-state index in [4.69, 9.17) is 0 Å². The van der Waals surface area contributed by atoms with E-state index < -0.39 is 5.97 Å². The number of tetrazole rings is 1. The number of nitrogens with zero attached hydrogens (tertiary/aromatic N) is 7. The van der Waals surface area contributed by atoms with Gasteiger partial charge in [0, 0.05) is 25.1 Å². The minimum absolute atomic E-state index is 0.00827. The average Bonchev–Trinajstić information content (AvgIpc) is 3.37. The summed E-state index contributed by atoms with van der Waals surface area (Å²) in [6.07, 6.45) is 4.53. The molecule has 2 aromatic heterocycles. The zero-order valence-corrected chi connectivity index (χ0v) is 17.5. The fourth-order valence-electron chi connectivity index (χ4n) is 3.52. The SMILES string of the molecule is CCCCN(Cc1ccc(-c2ccccc2-c2nnn[n-]2)cc1)c1ncncc1C(=O)[O-]. The Morgan fingerprint density at radius 2 is 1.88 bits per heavy atom. The predicted molar refractivity (Wildman–Crippen MR) is 116 cm³/mol. The van der Waals surface area contributed by atoms with Crippen LogP contribution in [0.5, 0.6) is 0 Å². The summed E-state index contributed by atoms with van der Waals surface area (Å²) in [4.78, 5) is 21.6. The lowest BCUT2D eigenvalue weighted by Gasteiger charge is -2.26. The van der Waals surface area contributed by atoms with Crippen molar-refractivity contribution < 1.29 is 9.90 Å². The number of carbonyl (C=O) groups excluding carboxylic acids is 1. The third-order valence-electron chi connectivity index (χ3n) is 5.12. The highest BCUT2D eigenvalue weighted by atomic mass is 16.4. The van der Waals surface area contributed by atoms with E-state index in [-0.39, 0.29) is 5.56 Å². The molecule has 0 aliphatic rings. The maximum absolute atomic E-state index is 11.5. The second-order valence-corrected chi connectivity index (χ2v) is 7.27. The topological polar surface area (TPSA) is 122 Å². The van der Waals surface area contributed by atoms with Crippen LogP contribution in [-0.2, 0) is 6.54 Å². The summed E-state index contributed by atoms with van der Waals surface area (Å²) >= 11 is 0. The van der Waals surface area contributed by atoms with Crippen molar-refractivity contribution in [1.29, 1.82) is 0 Å². The highest BCUT2D eigenvalue weighted by molar-refractivity contribution is 5.91. The van der Waals surface area contributed by atoms with E-state index in [0.29, 0.717) is 24.7 Å². The van der Waals surface area contributed by atoms with Crippen LogP contribution in [0, 0.1) is 0 Å². The fraction of sp³-hybridized carbons (Fsp3) is 0.217. The second kappa shape index (κ2) is 9.78. The summed E-state index contributed by atoms with van der Waals surface area (Å²) in [7, 11) is 0. The zero-order chi connectivity index (χ0) is 22.3. The molecule has 0 N–H and O–H groups in total. The minimum atomic E-state index is -1.28. The Bertz CT molecular complexity index is 1180. The number of anilines is 1. The Hall–Kier alpha value is -4.14. The maximum atomic E-state index is 11.5. The fourth-order valence-corrected chi connectivity index (χ4v) is 3.52. The van der Waals surface area contributed by atoms with Gasteiger partial charge in [0.1, 0.15) is 12.1 Å². The highest BCUT2D eigenvalue weighted by Gasteiger charge is 2.15. The first kappa shape index (κ1) is 21.1. The van der Waals surface area contributed by atoms with Crippen LogP contribution in [0.3, 0.4) is 0 Å². The van der Waals surface area contributed by atoms with E-state index in [9.17, 15) is 9.90 Å². The van der Waals surface area contributed by atoms with Crippen LogP contribution in [0.25, 0.3) is 22.5 Å². The number of aromatic carboxylic acids is 1. The van der Waals surface area contributed by atoms with Gasteiger partial charge >= 0.3 is 0 Å². The Morgan fingerprint density at radius 3 is 2.56 bits per heavy atom. The molecule has 162 valence electrons. The molecule has 0 saturated heterocycles. The van der Waals surface area contributed by atoms with Crippen LogP contribution >= 0.6 is 0 Å². The summed E-state index contributed by atoms with van der Waals surface area (Å²) in [5.74, 6) is -0.432. The van der Waals surface area contributed by atoms with E-state index in [1.54, 1.807) is 0 Å². The van der Waals surface area contributed by atoms with Crippen molar-refractivity contribution in [2.45, 2.75) is 26.3 Å². The summed E-state index contributed by atoms with van der Waals surface area (Å²) in [6, 6.07) is 15.9. The Kier molecular flexibility index (Phi) is 6.45. The quantitative estimate of drug-likeness (QED) is 0.395. The summed E-state index contributed by atoms with van der Waals surface area (Å²) in [5.41, 5.74) is 3.86. The number of benzene rings is 2. The van der Waals surface area contributed by atoms with Gasteiger partial charge in [-0.2, -0.15) is 5.21 Å². The predicted octanol–water partition coefficient (Wildman–Crippen LogP) is 2.12. The molecular formula is C23H21N7O2-2. The molecule has 32 heavy (non-hydrogen) atoms. The van der Waals surface area contributed by atoms with E-state index in [1.165, 1.54) is 12.5 Å². The lowest BCUT2D eigenvalue weighted by Crippen LogP contribution is -2.30. The molecule has 0 fully saturated rings. The molecule has 9 heteroatoms. The van der Waals surface area contributed by atoms with Gasteiger partial charge in [0.25, 0.3) is 0 Å². The molecule has 0 amide bonds. The van der Waals surface area contributed by atoms with Gasteiger partial charge in [-0.1, -0.05) is 61.9 Å². The summed E-state index contributed by atoms with van der Waals surface area (Å²) < 4.78 is 0. The molecule has 9 nitrogen and oxygen atoms in total. The number of rotatable bonds is 9. The van der Waals surface area contributed by atoms with Gasteiger partial charge in [0.05, 0.1) is 11.5 Å². The van der Waals surface area contributed by atoms with Gasteiger partial charge in [-0.25, -0.2) is 9.97 Å². The lowest BCUT2D eigenvalue weighted by molar-refractivity contribution is -0.255. The monoisotopic (exact) mass is 427 g/mol. The zero-order valence-electron chi connectivity index (χ0n) is 17.5. The van der Waals surface area contributed by atoms with Gasteiger partial charge < -0.3 is 19.9 Å². The van der Waals surface area contributed by atoms with Gasteiger partial charge in [-0.15, -0.1) is 0 Å². The second-order valence-electron chi connectivity index (χ2n) is 7.27. The highest BCUT2D eigenvalue weighted by Crippen LogP contribution is 2.30. The lowest BCUT2D eigenvalue weighted by atomic mass is 9.98. The molecule has 0 atom stereocenters. The van der Waals surface area contributed by atoms with Crippen LogP contribution in [0.4, 0.5) is 5.82 Å². The van der Waals surface area contributed by atoms with Crippen molar-refractivity contribution in [3.8, 4) is 22.5 Å². The Morgan fingerprint density at radius 1 is 1.09 bits per heavy atom. The Labute approximate surface area is 185 Å². The van der Waals surface area contributed by atoms with Crippen molar-refractivity contribution in [2.24, 2.45) is 0 Å². The molecule has 0 spiro atoms. The molecular weight excluding hydrogens is 406 g/mol. The molecule has 0 saturated carbocycles. The van der Waals surface area contributed by atoms with E-state index in [2.05, 4.69) is 37.5 Å². The average molecular weight is 427 g/mol. The van der Waals surface area contributed by atoms with Crippen molar-refractivity contribution in [2.75, 3.05) is 11.4 Å². The van der Waals surface area contributed by atoms with Crippen LogP contribution < -0.4 is 15.1 Å². The van der Waals surface area contributed by atoms with Crippen molar-refractivity contribution in [3.63, 3.8) is 0 Å². The Balaban J connectivity index is 1.61. The maximum Gasteiger partial charge on any atom is 0.141 e. The molecule has 4 rings (SSSR count). The normalized spacial score (nSPS) is 10.8. The molecule has 0 aliphatic heterocycles. The van der Waals surface area contributed by atoms with Gasteiger partial charge in [0.15, 0.2) is 0 Å². The van der Waals surface area contributed by atoms with Crippen LogP contribution in [0.1, 0.15) is 35.7 Å². The van der Waals surface area contributed by atoms with Gasteiger partial charge in [-0.3, -0.25) is 10.3 Å². The largest absolute Gasteiger partial charge is 0.545 e. The molecule has 4 aromatic rings. The number of hydrogen-bond acceptors (Lipinski definition) is 8.